The zero-order valence-corrected chi connectivity index (χ0v) is 19.7. The van der Waals surface area contributed by atoms with Gasteiger partial charge in [-0.25, -0.2) is 4.98 Å². The van der Waals surface area contributed by atoms with Gasteiger partial charge in [0.2, 0.25) is 11.7 Å². The molecule has 33 heavy (non-hydrogen) atoms. The van der Waals surface area contributed by atoms with E-state index in [4.69, 9.17) is 14.2 Å². The Balaban J connectivity index is 1.72. The Morgan fingerprint density at radius 1 is 1.15 bits per heavy atom. The lowest BCUT2D eigenvalue weighted by molar-refractivity contribution is -0.117. The fourth-order valence-corrected chi connectivity index (χ4v) is 4.69. The van der Waals surface area contributed by atoms with Gasteiger partial charge in [0, 0.05) is 17.5 Å². The van der Waals surface area contributed by atoms with Crippen LogP contribution >= 0.6 is 11.3 Å². The van der Waals surface area contributed by atoms with E-state index in [1.807, 2.05) is 36.6 Å². The van der Waals surface area contributed by atoms with E-state index in [0.717, 1.165) is 11.3 Å². The van der Waals surface area contributed by atoms with Crippen molar-refractivity contribution in [2.45, 2.75) is 25.9 Å². The second kappa shape index (κ2) is 9.50. The van der Waals surface area contributed by atoms with Crippen LogP contribution in [0.25, 0.3) is 0 Å². The standard InChI is InChI=1S/C24H25N3O5S/c1-14-13-33-24(25-14)26-21(28)11-18(27-12-15-7-5-6-8-17(15)23(27)29)16-9-19(30-2)22(32-4)20(10-16)31-3/h5-10,13,18H,11-12H2,1-4H3,(H,25,26,28)/t18-/m0/s1. The molecular formula is C24H25N3O5S. The topological polar surface area (TPSA) is 90.0 Å². The SMILES string of the molecule is COc1cc([C@H](CC(=O)Nc2nc(C)cs2)N2Cc3ccccc3C2=O)cc(OC)c1OC. The van der Waals surface area contributed by atoms with Crippen molar-refractivity contribution in [3.8, 4) is 17.2 Å². The Labute approximate surface area is 196 Å². The first kappa shape index (κ1) is 22.6. The van der Waals surface area contributed by atoms with Crippen molar-refractivity contribution in [2.75, 3.05) is 26.6 Å². The molecule has 0 fully saturated rings. The fourth-order valence-electron chi connectivity index (χ4n) is 3.99. The van der Waals surface area contributed by atoms with Gasteiger partial charge in [0.05, 0.1) is 39.5 Å². The van der Waals surface area contributed by atoms with Crippen molar-refractivity contribution < 1.29 is 23.8 Å². The summed E-state index contributed by atoms with van der Waals surface area (Å²) < 4.78 is 16.4. The van der Waals surface area contributed by atoms with Crippen LogP contribution in [0.5, 0.6) is 17.2 Å². The summed E-state index contributed by atoms with van der Waals surface area (Å²) in [6.45, 7) is 2.27. The number of aryl methyl sites for hydroxylation is 1. The predicted octanol–water partition coefficient (Wildman–Crippen LogP) is 4.20. The van der Waals surface area contributed by atoms with Crippen molar-refractivity contribution in [3.63, 3.8) is 0 Å². The quantitative estimate of drug-likeness (QED) is 0.534. The average Bonchev–Trinajstić information content (AvgIpc) is 3.38. The molecule has 4 rings (SSSR count). The van der Waals surface area contributed by atoms with Gasteiger partial charge in [-0.05, 0) is 36.2 Å². The molecule has 0 unspecified atom stereocenters. The van der Waals surface area contributed by atoms with Crippen LogP contribution in [0.1, 0.15) is 39.6 Å². The summed E-state index contributed by atoms with van der Waals surface area (Å²) in [5.74, 6) is 0.990. The number of carbonyl (C=O) groups excluding carboxylic acids is 2. The number of nitrogens with one attached hydrogen (secondary N) is 1. The Morgan fingerprint density at radius 3 is 2.42 bits per heavy atom. The van der Waals surface area contributed by atoms with Gasteiger partial charge in [-0.3, -0.25) is 9.59 Å². The number of methoxy groups -OCH3 is 3. The minimum absolute atomic E-state index is 0.0387. The number of rotatable bonds is 8. The van der Waals surface area contributed by atoms with E-state index in [2.05, 4.69) is 10.3 Å². The van der Waals surface area contributed by atoms with Crippen LogP contribution in [0, 0.1) is 6.92 Å². The summed E-state index contributed by atoms with van der Waals surface area (Å²) in [6.07, 6.45) is 0.0387. The highest BCUT2D eigenvalue weighted by Crippen LogP contribution is 2.43. The monoisotopic (exact) mass is 467 g/mol. The first-order chi connectivity index (χ1) is 15.9. The molecule has 0 bridgehead atoms. The maximum absolute atomic E-state index is 13.3. The Kier molecular flexibility index (Phi) is 6.50. The van der Waals surface area contributed by atoms with E-state index in [9.17, 15) is 9.59 Å². The van der Waals surface area contributed by atoms with Gasteiger partial charge in [0.1, 0.15) is 0 Å². The number of fused-ring (bicyclic) bond motifs is 1. The molecule has 0 aliphatic carbocycles. The molecule has 1 aliphatic rings. The zero-order chi connectivity index (χ0) is 23.5. The van der Waals surface area contributed by atoms with E-state index in [1.165, 1.54) is 32.7 Å². The molecule has 0 saturated carbocycles. The van der Waals surface area contributed by atoms with E-state index in [-0.39, 0.29) is 18.2 Å². The summed E-state index contributed by atoms with van der Waals surface area (Å²) in [4.78, 5) is 32.3. The Morgan fingerprint density at radius 2 is 1.85 bits per heavy atom. The molecule has 8 nitrogen and oxygen atoms in total. The van der Waals surface area contributed by atoms with Crippen molar-refractivity contribution in [1.29, 1.82) is 0 Å². The Hall–Kier alpha value is -3.59. The summed E-state index contributed by atoms with van der Waals surface area (Å²) in [7, 11) is 4.59. The largest absolute Gasteiger partial charge is 0.493 e. The summed E-state index contributed by atoms with van der Waals surface area (Å²) >= 11 is 1.36. The van der Waals surface area contributed by atoms with Crippen molar-refractivity contribution in [3.05, 3.63) is 64.2 Å². The van der Waals surface area contributed by atoms with Gasteiger partial charge < -0.3 is 24.4 Å². The number of carbonyl (C=O) groups is 2. The van der Waals surface area contributed by atoms with Crippen LogP contribution in [-0.4, -0.2) is 43.0 Å². The molecule has 2 heterocycles. The molecule has 1 aliphatic heterocycles. The third-order valence-corrected chi connectivity index (χ3v) is 6.42. The molecule has 1 N–H and O–H groups in total. The highest BCUT2D eigenvalue weighted by Gasteiger charge is 2.35. The molecule has 2 aromatic carbocycles. The van der Waals surface area contributed by atoms with Crippen LogP contribution in [0.2, 0.25) is 0 Å². The summed E-state index contributed by atoms with van der Waals surface area (Å²) in [5.41, 5.74) is 3.11. The lowest BCUT2D eigenvalue weighted by atomic mass is 10.00. The Bertz CT molecular complexity index is 1170. The first-order valence-corrected chi connectivity index (χ1v) is 11.2. The molecule has 1 atom stereocenters. The second-order valence-electron chi connectivity index (χ2n) is 7.61. The lowest BCUT2D eigenvalue weighted by Crippen LogP contribution is -2.32. The molecule has 0 saturated heterocycles. The van der Waals surface area contributed by atoms with Gasteiger partial charge in [-0.2, -0.15) is 0 Å². The van der Waals surface area contributed by atoms with Gasteiger partial charge in [0.15, 0.2) is 16.6 Å². The number of amides is 2. The van der Waals surface area contributed by atoms with Crippen molar-refractivity contribution in [2.24, 2.45) is 0 Å². The molecule has 1 aromatic heterocycles. The summed E-state index contributed by atoms with van der Waals surface area (Å²) in [6, 6.07) is 10.5. The van der Waals surface area contributed by atoms with Crippen LogP contribution in [0.4, 0.5) is 5.13 Å². The van der Waals surface area contributed by atoms with Gasteiger partial charge in [-0.15, -0.1) is 11.3 Å². The minimum atomic E-state index is -0.556. The van der Waals surface area contributed by atoms with E-state index in [1.54, 1.807) is 17.0 Å². The number of nitrogens with zero attached hydrogens (tertiary/aromatic N) is 2. The smallest absolute Gasteiger partial charge is 0.255 e. The van der Waals surface area contributed by atoms with Crippen molar-refractivity contribution >= 4 is 28.3 Å². The number of hydrogen-bond acceptors (Lipinski definition) is 7. The molecule has 172 valence electrons. The van der Waals surface area contributed by atoms with Crippen molar-refractivity contribution in [1.82, 2.24) is 9.88 Å². The average molecular weight is 468 g/mol. The van der Waals surface area contributed by atoms with Crippen LogP contribution < -0.4 is 19.5 Å². The first-order valence-electron chi connectivity index (χ1n) is 10.4. The van der Waals surface area contributed by atoms with Gasteiger partial charge in [-0.1, -0.05) is 18.2 Å². The molecule has 0 spiro atoms. The third kappa shape index (κ3) is 4.49. The fraction of sp³-hybridized carbons (Fsp3) is 0.292. The predicted molar refractivity (Wildman–Crippen MR) is 125 cm³/mol. The number of thiazole rings is 1. The van der Waals surface area contributed by atoms with E-state index >= 15 is 0 Å². The lowest BCUT2D eigenvalue weighted by Gasteiger charge is -2.29. The number of anilines is 1. The summed E-state index contributed by atoms with van der Waals surface area (Å²) in [5, 5.41) is 5.24. The maximum Gasteiger partial charge on any atom is 0.255 e. The van der Waals surface area contributed by atoms with Crippen LogP contribution in [-0.2, 0) is 11.3 Å². The molecular weight excluding hydrogens is 442 g/mol. The van der Waals surface area contributed by atoms with Crippen LogP contribution in [0.15, 0.2) is 41.8 Å². The van der Waals surface area contributed by atoms with Crippen LogP contribution in [0.3, 0.4) is 0 Å². The normalized spacial score (nSPS) is 13.5. The number of hydrogen-bond donors (Lipinski definition) is 1. The van der Waals surface area contributed by atoms with Gasteiger partial charge in [0.25, 0.3) is 5.91 Å². The van der Waals surface area contributed by atoms with Gasteiger partial charge >= 0.3 is 0 Å². The second-order valence-corrected chi connectivity index (χ2v) is 8.47. The highest BCUT2D eigenvalue weighted by atomic mass is 32.1. The number of benzene rings is 2. The zero-order valence-electron chi connectivity index (χ0n) is 18.9. The third-order valence-electron chi connectivity index (χ3n) is 5.54. The van der Waals surface area contributed by atoms with E-state index in [0.29, 0.717) is 40.1 Å². The molecule has 3 aromatic rings. The maximum atomic E-state index is 13.3. The minimum Gasteiger partial charge on any atom is -0.493 e. The highest BCUT2D eigenvalue weighted by molar-refractivity contribution is 7.13. The molecule has 0 radical (unpaired) electrons. The number of ether oxygens (including phenoxy) is 3. The molecule has 2 amide bonds. The number of aromatic nitrogens is 1. The molecule has 9 heteroatoms. The van der Waals surface area contributed by atoms with E-state index < -0.39 is 6.04 Å².